The zero-order valence-electron chi connectivity index (χ0n) is 14.0. The van der Waals surface area contributed by atoms with Gasteiger partial charge in [0.15, 0.2) is 0 Å². The first-order valence-corrected chi connectivity index (χ1v) is 8.14. The maximum Gasteiger partial charge on any atom is 0.244 e. The van der Waals surface area contributed by atoms with E-state index in [-0.39, 0.29) is 12.5 Å². The summed E-state index contributed by atoms with van der Waals surface area (Å²) in [5.41, 5.74) is 1.46. The van der Waals surface area contributed by atoms with Gasteiger partial charge in [0.2, 0.25) is 5.91 Å². The Morgan fingerprint density at radius 2 is 1.84 bits per heavy atom. The highest BCUT2D eigenvalue weighted by Crippen LogP contribution is 2.19. The van der Waals surface area contributed by atoms with E-state index in [9.17, 15) is 9.90 Å². The first kappa shape index (κ1) is 16.9. The van der Waals surface area contributed by atoms with Crippen molar-refractivity contribution in [3.63, 3.8) is 0 Å². The highest BCUT2D eigenvalue weighted by atomic mass is 16.3. The fourth-order valence-electron chi connectivity index (χ4n) is 2.65. The molecule has 25 heavy (non-hydrogen) atoms. The SMILES string of the molecule is CC(O)(CNC(=O)C=Cc1ccnc2ccccc12)c1ccccc1. The van der Waals surface area contributed by atoms with Crippen molar-refractivity contribution in [1.82, 2.24) is 10.3 Å². The molecule has 2 aromatic carbocycles. The summed E-state index contributed by atoms with van der Waals surface area (Å²) >= 11 is 0. The third kappa shape index (κ3) is 4.11. The van der Waals surface area contributed by atoms with Crippen LogP contribution >= 0.6 is 0 Å². The van der Waals surface area contributed by atoms with E-state index in [0.717, 1.165) is 22.0 Å². The summed E-state index contributed by atoms with van der Waals surface area (Å²) in [6, 6.07) is 18.9. The Bertz CT molecular complexity index is 897. The zero-order valence-corrected chi connectivity index (χ0v) is 14.0. The van der Waals surface area contributed by atoms with E-state index < -0.39 is 5.60 Å². The molecule has 1 unspecified atom stereocenters. The molecule has 0 aliphatic rings. The highest BCUT2D eigenvalue weighted by molar-refractivity contribution is 5.95. The first-order valence-electron chi connectivity index (χ1n) is 8.14. The van der Waals surface area contributed by atoms with Crippen LogP contribution in [0.15, 0.2) is 72.9 Å². The number of hydrogen-bond acceptors (Lipinski definition) is 3. The summed E-state index contributed by atoms with van der Waals surface area (Å²) in [7, 11) is 0. The van der Waals surface area contributed by atoms with Crippen LogP contribution < -0.4 is 5.32 Å². The topological polar surface area (TPSA) is 62.2 Å². The molecule has 0 fully saturated rings. The predicted molar refractivity (Wildman–Crippen MR) is 99.8 cm³/mol. The molecule has 0 bridgehead atoms. The molecule has 2 N–H and O–H groups in total. The normalized spacial score (nSPS) is 13.7. The minimum Gasteiger partial charge on any atom is -0.384 e. The molecule has 3 rings (SSSR count). The van der Waals surface area contributed by atoms with Crippen LogP contribution in [0.1, 0.15) is 18.1 Å². The van der Waals surface area contributed by atoms with Gasteiger partial charge in [-0.2, -0.15) is 0 Å². The molecule has 1 amide bonds. The molecule has 0 spiro atoms. The van der Waals surface area contributed by atoms with E-state index in [1.165, 1.54) is 6.08 Å². The van der Waals surface area contributed by atoms with Gasteiger partial charge >= 0.3 is 0 Å². The van der Waals surface area contributed by atoms with Gasteiger partial charge in [-0.05, 0) is 36.3 Å². The van der Waals surface area contributed by atoms with Gasteiger partial charge in [-0.15, -0.1) is 0 Å². The summed E-state index contributed by atoms with van der Waals surface area (Å²) in [5.74, 6) is -0.253. The van der Waals surface area contributed by atoms with Crippen molar-refractivity contribution in [2.75, 3.05) is 6.54 Å². The van der Waals surface area contributed by atoms with Crippen molar-refractivity contribution in [3.8, 4) is 0 Å². The lowest BCUT2D eigenvalue weighted by Gasteiger charge is -2.23. The second-order valence-electron chi connectivity index (χ2n) is 6.11. The number of nitrogens with zero attached hydrogens (tertiary/aromatic N) is 1. The molecule has 1 heterocycles. The third-order valence-electron chi connectivity index (χ3n) is 4.10. The maximum absolute atomic E-state index is 12.1. The number of carbonyl (C=O) groups is 1. The molecular weight excluding hydrogens is 312 g/mol. The Morgan fingerprint density at radius 3 is 2.64 bits per heavy atom. The number of benzene rings is 2. The molecule has 4 heteroatoms. The summed E-state index contributed by atoms with van der Waals surface area (Å²) in [5, 5.41) is 14.3. The Hall–Kier alpha value is -2.98. The summed E-state index contributed by atoms with van der Waals surface area (Å²) < 4.78 is 0. The van der Waals surface area contributed by atoms with Gasteiger partial charge in [-0.25, -0.2) is 0 Å². The average Bonchev–Trinajstić information content (AvgIpc) is 2.65. The Labute approximate surface area is 146 Å². The number of nitrogens with one attached hydrogen (secondary N) is 1. The van der Waals surface area contributed by atoms with Crippen molar-refractivity contribution < 1.29 is 9.90 Å². The molecule has 3 aromatic rings. The molecule has 0 aliphatic heterocycles. The zero-order chi connectivity index (χ0) is 17.7. The number of hydrogen-bond donors (Lipinski definition) is 2. The standard InChI is InChI=1S/C21H20N2O2/c1-21(25,17-7-3-2-4-8-17)15-23-20(24)12-11-16-13-14-22-19-10-6-5-9-18(16)19/h2-14,25H,15H2,1H3,(H,23,24). The molecule has 0 saturated heterocycles. The van der Waals surface area contributed by atoms with E-state index in [1.807, 2.05) is 60.7 Å². The minimum absolute atomic E-state index is 0.136. The van der Waals surface area contributed by atoms with Gasteiger partial charge in [0.1, 0.15) is 5.60 Å². The summed E-state index contributed by atoms with van der Waals surface area (Å²) in [4.78, 5) is 16.4. The van der Waals surface area contributed by atoms with E-state index in [1.54, 1.807) is 19.2 Å². The number of carbonyl (C=O) groups excluding carboxylic acids is 1. The minimum atomic E-state index is -1.12. The molecule has 1 atom stereocenters. The molecular formula is C21H20N2O2. The van der Waals surface area contributed by atoms with Gasteiger partial charge in [0.05, 0.1) is 12.1 Å². The molecule has 0 saturated carbocycles. The van der Waals surface area contributed by atoms with Crippen molar-refractivity contribution in [2.45, 2.75) is 12.5 Å². The number of para-hydroxylation sites is 1. The lowest BCUT2D eigenvalue weighted by molar-refractivity contribution is -0.117. The van der Waals surface area contributed by atoms with Gasteiger partial charge < -0.3 is 10.4 Å². The molecule has 0 aliphatic carbocycles. The van der Waals surface area contributed by atoms with Gasteiger partial charge in [0, 0.05) is 17.7 Å². The van der Waals surface area contributed by atoms with Crippen LogP contribution in [0.5, 0.6) is 0 Å². The number of pyridine rings is 1. The van der Waals surface area contributed by atoms with Crippen molar-refractivity contribution in [2.24, 2.45) is 0 Å². The lowest BCUT2D eigenvalue weighted by Crippen LogP contribution is -2.37. The van der Waals surface area contributed by atoms with Crippen molar-refractivity contribution in [3.05, 3.63) is 84.1 Å². The van der Waals surface area contributed by atoms with Crippen LogP contribution in [-0.2, 0) is 10.4 Å². The Balaban J connectivity index is 1.67. The molecule has 1 aromatic heterocycles. The fraction of sp³-hybridized carbons (Fsp3) is 0.143. The largest absolute Gasteiger partial charge is 0.384 e. The third-order valence-corrected chi connectivity index (χ3v) is 4.10. The Kier molecular flexibility index (Phi) is 4.91. The van der Waals surface area contributed by atoms with Crippen molar-refractivity contribution in [1.29, 1.82) is 0 Å². The van der Waals surface area contributed by atoms with Crippen LogP contribution in [0.4, 0.5) is 0 Å². The molecule has 0 radical (unpaired) electrons. The highest BCUT2D eigenvalue weighted by Gasteiger charge is 2.22. The number of amides is 1. The van der Waals surface area contributed by atoms with Gasteiger partial charge in [-0.3, -0.25) is 9.78 Å². The molecule has 4 nitrogen and oxygen atoms in total. The lowest BCUT2D eigenvalue weighted by atomic mass is 9.96. The number of rotatable bonds is 5. The number of fused-ring (bicyclic) bond motifs is 1. The maximum atomic E-state index is 12.1. The van der Waals surface area contributed by atoms with E-state index in [2.05, 4.69) is 10.3 Å². The Morgan fingerprint density at radius 1 is 1.12 bits per heavy atom. The van der Waals surface area contributed by atoms with Gasteiger partial charge in [-0.1, -0.05) is 48.5 Å². The van der Waals surface area contributed by atoms with E-state index >= 15 is 0 Å². The second kappa shape index (κ2) is 7.28. The van der Waals surface area contributed by atoms with Crippen LogP contribution in [-0.4, -0.2) is 22.5 Å². The summed E-state index contributed by atoms with van der Waals surface area (Å²) in [6.45, 7) is 1.82. The average molecular weight is 332 g/mol. The second-order valence-corrected chi connectivity index (χ2v) is 6.11. The predicted octanol–water partition coefficient (Wildman–Crippen LogP) is 3.27. The quantitative estimate of drug-likeness (QED) is 0.705. The summed E-state index contributed by atoms with van der Waals surface area (Å²) in [6.07, 6.45) is 4.96. The van der Waals surface area contributed by atoms with Crippen LogP contribution in [0.2, 0.25) is 0 Å². The smallest absolute Gasteiger partial charge is 0.244 e. The fourth-order valence-corrected chi connectivity index (χ4v) is 2.65. The molecule has 126 valence electrons. The van der Waals surface area contributed by atoms with E-state index in [4.69, 9.17) is 0 Å². The first-order chi connectivity index (χ1) is 12.1. The van der Waals surface area contributed by atoms with Crippen LogP contribution in [0, 0.1) is 0 Å². The van der Waals surface area contributed by atoms with Gasteiger partial charge in [0.25, 0.3) is 0 Å². The van der Waals surface area contributed by atoms with Crippen LogP contribution in [0.3, 0.4) is 0 Å². The number of aliphatic hydroxyl groups is 1. The van der Waals surface area contributed by atoms with E-state index in [0.29, 0.717) is 0 Å². The monoisotopic (exact) mass is 332 g/mol. The van der Waals surface area contributed by atoms with Crippen LogP contribution in [0.25, 0.3) is 17.0 Å². The van der Waals surface area contributed by atoms with Crippen molar-refractivity contribution >= 4 is 22.9 Å². The number of aromatic nitrogens is 1.